The highest BCUT2D eigenvalue weighted by Gasteiger charge is 2.41. The van der Waals surface area contributed by atoms with Crippen LogP contribution in [0.5, 0.6) is 0 Å². The van der Waals surface area contributed by atoms with Crippen LogP contribution in [0.4, 0.5) is 13.2 Å². The van der Waals surface area contributed by atoms with Crippen molar-refractivity contribution in [3.8, 4) is 0 Å². The lowest BCUT2D eigenvalue weighted by molar-refractivity contribution is -0.137. The van der Waals surface area contributed by atoms with E-state index in [2.05, 4.69) is 12.6 Å². The first kappa shape index (κ1) is 13.1. The van der Waals surface area contributed by atoms with Crippen LogP contribution in [-0.2, 0) is 6.18 Å². The molecule has 0 unspecified atom stereocenters. The van der Waals surface area contributed by atoms with E-state index in [4.69, 9.17) is 0 Å². The molecule has 0 aromatic heterocycles. The van der Waals surface area contributed by atoms with Crippen LogP contribution in [0.15, 0.2) is 29.2 Å². The first-order chi connectivity index (χ1) is 7.95. The maximum Gasteiger partial charge on any atom is 0.416 e. The Kier molecular flexibility index (Phi) is 3.69. The van der Waals surface area contributed by atoms with Crippen molar-refractivity contribution >= 4 is 24.4 Å². The quantitative estimate of drug-likeness (QED) is 0.624. The fraction of sp³-hybridized carbons (Fsp3) is 0.500. The lowest BCUT2D eigenvalue weighted by Gasteiger charge is -2.12. The average molecular weight is 278 g/mol. The Bertz CT molecular complexity index is 397. The molecule has 17 heavy (non-hydrogen) atoms. The highest BCUT2D eigenvalue weighted by Crippen LogP contribution is 2.50. The molecule has 1 fully saturated rings. The molecule has 1 aliphatic rings. The van der Waals surface area contributed by atoms with Crippen LogP contribution in [0.2, 0.25) is 0 Å². The second kappa shape index (κ2) is 4.76. The lowest BCUT2D eigenvalue weighted by Crippen LogP contribution is -2.06. The van der Waals surface area contributed by atoms with E-state index in [0.717, 1.165) is 30.4 Å². The molecular weight excluding hydrogens is 265 g/mol. The molecule has 1 aromatic rings. The summed E-state index contributed by atoms with van der Waals surface area (Å²) in [5.41, 5.74) is -0.305. The van der Waals surface area contributed by atoms with Gasteiger partial charge in [-0.2, -0.15) is 25.8 Å². The van der Waals surface area contributed by atoms with Crippen molar-refractivity contribution in [1.82, 2.24) is 0 Å². The topological polar surface area (TPSA) is 0 Å². The van der Waals surface area contributed by atoms with Gasteiger partial charge in [0.15, 0.2) is 0 Å². The molecule has 1 aromatic carbocycles. The van der Waals surface area contributed by atoms with Gasteiger partial charge in [-0.3, -0.25) is 0 Å². The summed E-state index contributed by atoms with van der Waals surface area (Å²) in [5.74, 6) is 1.68. The third kappa shape index (κ3) is 3.35. The highest BCUT2D eigenvalue weighted by molar-refractivity contribution is 7.99. The molecule has 0 radical (unpaired) electrons. The van der Waals surface area contributed by atoms with Gasteiger partial charge in [-0.15, -0.1) is 11.8 Å². The van der Waals surface area contributed by atoms with Crippen molar-refractivity contribution in [2.75, 3.05) is 11.5 Å². The molecule has 0 spiro atoms. The van der Waals surface area contributed by atoms with Gasteiger partial charge in [-0.1, -0.05) is 6.07 Å². The van der Waals surface area contributed by atoms with Gasteiger partial charge in [0.25, 0.3) is 0 Å². The van der Waals surface area contributed by atoms with Gasteiger partial charge in [0.05, 0.1) is 5.56 Å². The zero-order chi connectivity index (χ0) is 12.5. The zero-order valence-electron chi connectivity index (χ0n) is 9.13. The van der Waals surface area contributed by atoms with E-state index >= 15 is 0 Å². The maximum absolute atomic E-state index is 12.5. The van der Waals surface area contributed by atoms with E-state index in [1.807, 2.05) is 0 Å². The van der Waals surface area contributed by atoms with Gasteiger partial charge in [0.2, 0.25) is 0 Å². The van der Waals surface area contributed by atoms with Crippen LogP contribution in [0.3, 0.4) is 0 Å². The van der Waals surface area contributed by atoms with Crippen molar-refractivity contribution in [1.29, 1.82) is 0 Å². The Morgan fingerprint density at radius 2 is 2.00 bits per heavy atom. The molecule has 0 heterocycles. The van der Waals surface area contributed by atoms with Crippen molar-refractivity contribution in [2.24, 2.45) is 5.41 Å². The normalized spacial score (nSPS) is 18.1. The molecule has 0 bridgehead atoms. The van der Waals surface area contributed by atoms with E-state index in [-0.39, 0.29) is 5.41 Å². The second-order valence-electron chi connectivity index (χ2n) is 4.47. The smallest absolute Gasteiger partial charge is 0.179 e. The van der Waals surface area contributed by atoms with E-state index in [1.54, 1.807) is 6.07 Å². The molecule has 5 heteroatoms. The number of thioether (sulfide) groups is 1. The number of hydrogen-bond donors (Lipinski definition) is 1. The molecule has 0 nitrogen and oxygen atoms in total. The minimum atomic E-state index is -4.25. The van der Waals surface area contributed by atoms with Crippen LogP contribution in [0, 0.1) is 5.41 Å². The van der Waals surface area contributed by atoms with Gasteiger partial charge >= 0.3 is 6.18 Å². The molecule has 0 atom stereocenters. The Morgan fingerprint density at radius 3 is 2.53 bits per heavy atom. The third-order valence-corrected chi connectivity index (χ3v) is 5.01. The predicted molar refractivity (Wildman–Crippen MR) is 67.7 cm³/mol. The van der Waals surface area contributed by atoms with Crippen LogP contribution in [0.25, 0.3) is 0 Å². The van der Waals surface area contributed by atoms with Gasteiger partial charge in [0, 0.05) is 10.6 Å². The number of hydrogen-bond acceptors (Lipinski definition) is 2. The first-order valence-electron chi connectivity index (χ1n) is 5.36. The maximum atomic E-state index is 12.5. The summed E-state index contributed by atoms with van der Waals surface area (Å²) in [6.45, 7) is 0. The molecule has 1 aliphatic carbocycles. The molecule has 1 saturated carbocycles. The molecule has 0 saturated heterocycles. The minimum Gasteiger partial charge on any atom is -0.179 e. The van der Waals surface area contributed by atoms with E-state index in [1.165, 1.54) is 23.9 Å². The predicted octanol–water partition coefficient (Wildman–Crippen LogP) is 4.51. The fourth-order valence-electron chi connectivity index (χ4n) is 1.52. The van der Waals surface area contributed by atoms with Crippen molar-refractivity contribution in [3.05, 3.63) is 29.8 Å². The summed E-state index contributed by atoms with van der Waals surface area (Å²) in [6.07, 6.45) is -1.97. The number of benzene rings is 1. The number of alkyl halides is 3. The zero-order valence-corrected chi connectivity index (χ0v) is 10.8. The van der Waals surface area contributed by atoms with Crippen LogP contribution in [-0.4, -0.2) is 11.5 Å². The van der Waals surface area contributed by atoms with E-state index < -0.39 is 11.7 Å². The molecule has 0 amide bonds. The summed E-state index contributed by atoms with van der Waals surface area (Å²) in [6, 6.07) is 5.52. The number of halogens is 3. The monoisotopic (exact) mass is 278 g/mol. The number of thiol groups is 1. The summed E-state index contributed by atoms with van der Waals surface area (Å²) in [7, 11) is 0. The Morgan fingerprint density at radius 1 is 1.29 bits per heavy atom. The third-order valence-electron chi connectivity index (χ3n) is 3.00. The summed E-state index contributed by atoms with van der Waals surface area (Å²) in [4.78, 5) is 0.688. The molecule has 0 aliphatic heterocycles. The molecule has 0 N–H and O–H groups in total. The van der Waals surface area contributed by atoms with Crippen molar-refractivity contribution in [2.45, 2.75) is 23.9 Å². The van der Waals surface area contributed by atoms with E-state index in [0.29, 0.717) is 4.90 Å². The number of rotatable bonds is 4. The van der Waals surface area contributed by atoms with E-state index in [9.17, 15) is 13.2 Å². The molecule has 94 valence electrons. The van der Waals surface area contributed by atoms with Gasteiger partial charge in [0.1, 0.15) is 0 Å². The SMILES string of the molecule is FC(F)(F)c1cccc(SCC2(CS)CC2)c1. The Balaban J connectivity index is 2.02. The highest BCUT2D eigenvalue weighted by atomic mass is 32.2. The van der Waals surface area contributed by atoms with Crippen LogP contribution < -0.4 is 0 Å². The Labute approximate surface area is 108 Å². The van der Waals surface area contributed by atoms with Crippen molar-refractivity contribution < 1.29 is 13.2 Å². The summed E-state index contributed by atoms with van der Waals surface area (Å²) >= 11 is 5.78. The van der Waals surface area contributed by atoms with Crippen LogP contribution in [0.1, 0.15) is 18.4 Å². The fourth-order valence-corrected chi connectivity index (χ4v) is 3.35. The average Bonchev–Trinajstić information content (AvgIpc) is 3.06. The van der Waals surface area contributed by atoms with Gasteiger partial charge < -0.3 is 0 Å². The Hall–Kier alpha value is -0.290. The summed E-state index contributed by atoms with van der Waals surface area (Å²) in [5, 5.41) is 0. The largest absolute Gasteiger partial charge is 0.416 e. The van der Waals surface area contributed by atoms with Gasteiger partial charge in [-0.25, -0.2) is 0 Å². The molecular formula is C12H13F3S2. The summed E-state index contributed by atoms with van der Waals surface area (Å²) < 4.78 is 37.5. The van der Waals surface area contributed by atoms with Gasteiger partial charge in [-0.05, 0) is 42.2 Å². The molecule has 2 rings (SSSR count). The standard InChI is InChI=1S/C12H13F3S2/c13-12(14,15)9-2-1-3-10(6-9)17-8-11(7-16)4-5-11/h1-3,6,16H,4-5,7-8H2. The second-order valence-corrected chi connectivity index (χ2v) is 5.84. The van der Waals surface area contributed by atoms with Crippen molar-refractivity contribution in [3.63, 3.8) is 0 Å². The lowest BCUT2D eigenvalue weighted by atomic mass is 10.2. The first-order valence-corrected chi connectivity index (χ1v) is 6.98. The van der Waals surface area contributed by atoms with Crippen LogP contribution >= 0.6 is 24.4 Å². The minimum absolute atomic E-state index is 0.266.